The highest BCUT2D eigenvalue weighted by Crippen LogP contribution is 2.47. The minimum atomic E-state index is -0.00457. The molecule has 0 spiro atoms. The number of ether oxygens (including phenoxy) is 1. The van der Waals surface area contributed by atoms with Crippen LogP contribution in [0.15, 0.2) is 97.1 Å². The Morgan fingerprint density at radius 2 is 1.71 bits per heavy atom. The van der Waals surface area contributed by atoms with Crippen molar-refractivity contribution in [1.82, 2.24) is 0 Å². The molecule has 2 heterocycles. The van der Waals surface area contributed by atoms with Crippen LogP contribution in [-0.4, -0.2) is 36.6 Å². The highest BCUT2D eigenvalue weighted by Gasteiger charge is 2.49. The number of piperidine rings is 1. The molecule has 192 valence electrons. The van der Waals surface area contributed by atoms with Gasteiger partial charge >= 0.3 is 0 Å². The molecular formula is C33H32ClN2O2+. The van der Waals surface area contributed by atoms with E-state index in [1.54, 1.807) is 6.07 Å². The number of anilines is 1. The zero-order valence-corrected chi connectivity index (χ0v) is 22.6. The fraction of sp³-hybridized carbons (Fsp3) is 0.242. The third-order valence-corrected chi connectivity index (χ3v) is 8.33. The Morgan fingerprint density at radius 3 is 2.53 bits per heavy atom. The smallest absolute Gasteiger partial charge is 0.260 e. The molecule has 4 aromatic rings. The van der Waals surface area contributed by atoms with E-state index >= 15 is 0 Å². The van der Waals surface area contributed by atoms with Crippen LogP contribution in [0.3, 0.4) is 0 Å². The van der Waals surface area contributed by atoms with Crippen molar-refractivity contribution in [1.29, 1.82) is 0 Å². The molecule has 0 N–H and O–H groups in total. The molecule has 4 nitrogen and oxygen atoms in total. The number of amides is 1. The molecular weight excluding hydrogens is 492 g/mol. The lowest BCUT2D eigenvalue weighted by atomic mass is 9.87. The first kappa shape index (κ1) is 24.7. The van der Waals surface area contributed by atoms with Crippen molar-refractivity contribution < 1.29 is 14.0 Å². The molecule has 0 aromatic heterocycles. The lowest BCUT2D eigenvalue weighted by molar-refractivity contribution is -0.928. The topological polar surface area (TPSA) is 29.5 Å². The van der Waals surface area contributed by atoms with Gasteiger partial charge in [0, 0.05) is 17.7 Å². The number of hydrogen-bond donors (Lipinski definition) is 0. The molecule has 3 unspecified atom stereocenters. The second-order valence-corrected chi connectivity index (χ2v) is 11.3. The summed E-state index contributed by atoms with van der Waals surface area (Å²) in [5.74, 6) is 1.97. The number of nitrogens with zero attached hydrogens (tertiary/aromatic N) is 2. The summed E-state index contributed by atoms with van der Waals surface area (Å²) in [7, 11) is 2.34. The van der Waals surface area contributed by atoms with Gasteiger partial charge in [-0.25, -0.2) is 0 Å². The number of likely N-dealkylation sites (N-methyl/N-ethyl adjacent to an activating group) is 1. The van der Waals surface area contributed by atoms with Crippen molar-refractivity contribution in [3.63, 3.8) is 0 Å². The molecule has 2 aliphatic rings. The van der Waals surface area contributed by atoms with Gasteiger partial charge in [-0.3, -0.25) is 4.79 Å². The number of benzene rings is 4. The molecule has 0 radical (unpaired) electrons. The highest BCUT2D eigenvalue weighted by molar-refractivity contribution is 6.34. The zero-order valence-electron chi connectivity index (χ0n) is 21.8. The third-order valence-electron chi connectivity index (χ3n) is 8.01. The van der Waals surface area contributed by atoms with E-state index in [-0.39, 0.29) is 17.9 Å². The minimum Gasteiger partial charge on any atom is -0.457 e. The van der Waals surface area contributed by atoms with Gasteiger partial charge in [0.2, 0.25) is 0 Å². The summed E-state index contributed by atoms with van der Waals surface area (Å²) in [6.45, 7) is 5.00. The summed E-state index contributed by atoms with van der Waals surface area (Å²) < 4.78 is 7.01. The first-order valence-electron chi connectivity index (χ1n) is 13.2. The van der Waals surface area contributed by atoms with Crippen molar-refractivity contribution >= 4 is 23.2 Å². The van der Waals surface area contributed by atoms with Crippen LogP contribution in [-0.2, 0) is 6.54 Å². The lowest BCUT2D eigenvalue weighted by Crippen LogP contribution is -2.56. The second-order valence-electron chi connectivity index (χ2n) is 10.9. The van der Waals surface area contributed by atoms with Gasteiger partial charge in [-0.1, -0.05) is 71.8 Å². The van der Waals surface area contributed by atoms with Gasteiger partial charge in [0.25, 0.3) is 5.91 Å². The fourth-order valence-electron chi connectivity index (χ4n) is 6.26. The van der Waals surface area contributed by atoms with Gasteiger partial charge in [0.1, 0.15) is 18.0 Å². The molecule has 2 aliphatic heterocycles. The Labute approximate surface area is 229 Å². The maximum absolute atomic E-state index is 13.8. The fourth-order valence-corrected chi connectivity index (χ4v) is 6.47. The van der Waals surface area contributed by atoms with E-state index in [1.807, 2.05) is 59.5 Å². The molecule has 3 atom stereocenters. The number of aryl methyl sites for hydroxylation is 1. The van der Waals surface area contributed by atoms with Crippen LogP contribution >= 0.6 is 11.6 Å². The van der Waals surface area contributed by atoms with E-state index in [9.17, 15) is 4.79 Å². The van der Waals surface area contributed by atoms with Gasteiger partial charge < -0.3 is 14.1 Å². The van der Waals surface area contributed by atoms with Crippen molar-refractivity contribution in [2.75, 3.05) is 25.0 Å². The van der Waals surface area contributed by atoms with Crippen LogP contribution in [0, 0.1) is 6.92 Å². The third kappa shape index (κ3) is 4.70. The number of hydrogen-bond acceptors (Lipinski definition) is 2. The first-order chi connectivity index (χ1) is 18.4. The summed E-state index contributed by atoms with van der Waals surface area (Å²) in [5, 5.41) is 0.503. The van der Waals surface area contributed by atoms with E-state index in [0.29, 0.717) is 10.6 Å². The van der Waals surface area contributed by atoms with Gasteiger partial charge in [-0.15, -0.1) is 0 Å². The van der Waals surface area contributed by atoms with Crippen molar-refractivity contribution in [2.24, 2.45) is 0 Å². The summed E-state index contributed by atoms with van der Waals surface area (Å²) in [4.78, 5) is 15.9. The average Bonchev–Trinajstić information content (AvgIpc) is 3.21. The van der Waals surface area contributed by atoms with E-state index in [4.69, 9.17) is 16.3 Å². The molecule has 1 saturated heterocycles. The van der Waals surface area contributed by atoms with E-state index in [2.05, 4.69) is 50.4 Å². The van der Waals surface area contributed by atoms with Crippen molar-refractivity contribution in [3.05, 3.63) is 124 Å². The number of rotatable bonds is 5. The molecule has 4 aromatic carbocycles. The maximum Gasteiger partial charge on any atom is 0.260 e. The van der Waals surface area contributed by atoms with Gasteiger partial charge in [0.15, 0.2) is 0 Å². The maximum atomic E-state index is 13.8. The highest BCUT2D eigenvalue weighted by atomic mass is 35.5. The van der Waals surface area contributed by atoms with Gasteiger partial charge in [-0.05, 0) is 55.0 Å². The molecule has 0 aliphatic carbocycles. The predicted octanol–water partition coefficient (Wildman–Crippen LogP) is 7.60. The number of quaternary nitrogens is 1. The van der Waals surface area contributed by atoms with E-state index < -0.39 is 0 Å². The molecule has 1 fully saturated rings. The lowest BCUT2D eigenvalue weighted by Gasteiger charge is -2.44. The molecule has 0 bridgehead atoms. The predicted molar refractivity (Wildman–Crippen MR) is 153 cm³/mol. The normalized spacial score (nSPS) is 22.0. The van der Waals surface area contributed by atoms with Crippen LogP contribution < -0.4 is 9.64 Å². The average molecular weight is 524 g/mol. The van der Waals surface area contributed by atoms with Crippen molar-refractivity contribution in [2.45, 2.75) is 31.8 Å². The molecule has 5 heteroatoms. The Kier molecular flexibility index (Phi) is 6.46. The number of halogens is 1. The summed E-state index contributed by atoms with van der Waals surface area (Å²) in [5.41, 5.74) is 5.35. The Hall–Kier alpha value is -3.60. The summed E-state index contributed by atoms with van der Waals surface area (Å²) >= 11 is 6.46. The van der Waals surface area contributed by atoms with Crippen LogP contribution in [0.2, 0.25) is 5.02 Å². The van der Waals surface area contributed by atoms with Crippen LogP contribution in [0.5, 0.6) is 11.5 Å². The summed E-state index contributed by atoms with van der Waals surface area (Å²) in [6.07, 6.45) is 0.936. The monoisotopic (exact) mass is 523 g/mol. The van der Waals surface area contributed by atoms with E-state index in [1.165, 1.54) is 16.7 Å². The van der Waals surface area contributed by atoms with Gasteiger partial charge in [0.05, 0.1) is 42.7 Å². The van der Waals surface area contributed by atoms with Crippen LogP contribution in [0.25, 0.3) is 0 Å². The summed E-state index contributed by atoms with van der Waals surface area (Å²) in [6, 6.07) is 32.3. The molecule has 0 saturated carbocycles. The molecule has 38 heavy (non-hydrogen) atoms. The van der Waals surface area contributed by atoms with Crippen LogP contribution in [0.1, 0.15) is 39.4 Å². The zero-order chi connectivity index (χ0) is 26.3. The Morgan fingerprint density at radius 1 is 0.947 bits per heavy atom. The molecule has 1 amide bonds. The quantitative estimate of drug-likeness (QED) is 0.252. The number of fused-ring (bicyclic) bond motifs is 3. The van der Waals surface area contributed by atoms with Crippen LogP contribution in [0.4, 0.5) is 5.69 Å². The minimum absolute atomic E-state index is 0.00457. The molecule has 6 rings (SSSR count). The standard InChI is InChI=1S/C33H32ClN2O2/c1-23-15-16-31-28(19-23)29-22-36(2,18-17-32(29)35(31)33(37)27-13-6-7-14-30(27)34)21-24-9-8-12-26(20-24)38-25-10-4-3-5-11-25/h3-16,19-20,29,32H,17-18,21-22H2,1-2H3/q+1. The second kappa shape index (κ2) is 9.94. The SMILES string of the molecule is Cc1ccc2c(c1)C1C[N+](C)(Cc3cccc(Oc4ccccc4)c3)CCC1N2C(=O)c1ccccc1Cl. The van der Waals surface area contributed by atoms with E-state index in [0.717, 1.165) is 47.7 Å². The Bertz CT molecular complexity index is 1490. The van der Waals surface area contributed by atoms with Crippen molar-refractivity contribution in [3.8, 4) is 11.5 Å². The Balaban J connectivity index is 1.27. The number of carbonyl (C=O) groups excluding carboxylic acids is 1. The number of para-hydroxylation sites is 1. The largest absolute Gasteiger partial charge is 0.457 e. The number of carbonyl (C=O) groups is 1. The number of likely N-dealkylation sites (tertiary alicyclic amines) is 1. The first-order valence-corrected chi connectivity index (χ1v) is 13.6. The van der Waals surface area contributed by atoms with Gasteiger partial charge in [-0.2, -0.15) is 0 Å².